The van der Waals surface area contributed by atoms with E-state index in [1.165, 1.54) is 18.2 Å². The molecule has 3 heterocycles. The second kappa shape index (κ2) is 11.1. The summed E-state index contributed by atoms with van der Waals surface area (Å²) in [5.41, 5.74) is 10.9. The average molecular weight is 550 g/mol. The van der Waals surface area contributed by atoms with Gasteiger partial charge in [0.15, 0.2) is 0 Å². The number of carbonyl (C=O) groups is 1. The largest absolute Gasteiger partial charge is 0.508 e. The second-order valence-corrected chi connectivity index (χ2v) is 10.7. The molecule has 6 rings (SSSR count). The number of para-hydroxylation sites is 1. The number of rotatable bonds is 6. The topological polar surface area (TPSA) is 107 Å². The molecule has 1 unspecified atom stereocenters. The standard InChI is InChI=1S/C33H32FN5O2/c1-20-14-23(22-6-9-31(36-19-22)39-12-10-26(35)11-13-39)16-24(15-20)33(41)38-32(27-18-25(34)7-8-30(27)40)29-17-21-4-2-3-5-28(21)37-29/h2-9,14-19,26,32,37,40H,10-13,35H2,1H3,(H,38,41). The Morgan fingerprint density at radius 3 is 2.61 bits per heavy atom. The summed E-state index contributed by atoms with van der Waals surface area (Å²) >= 11 is 0. The highest BCUT2D eigenvalue weighted by atomic mass is 19.1. The van der Waals surface area contributed by atoms with Crippen LogP contribution in [0.4, 0.5) is 10.2 Å². The van der Waals surface area contributed by atoms with Crippen LogP contribution in [-0.4, -0.2) is 40.1 Å². The quantitative estimate of drug-likeness (QED) is 0.213. The lowest BCUT2D eigenvalue weighted by Gasteiger charge is -2.31. The van der Waals surface area contributed by atoms with Crippen molar-refractivity contribution in [2.75, 3.05) is 18.0 Å². The van der Waals surface area contributed by atoms with Gasteiger partial charge < -0.3 is 26.0 Å². The number of amides is 1. The first-order valence-electron chi connectivity index (χ1n) is 13.8. The maximum absolute atomic E-state index is 14.3. The number of H-pyrrole nitrogens is 1. The number of piperidine rings is 1. The molecule has 1 fully saturated rings. The number of halogens is 1. The van der Waals surface area contributed by atoms with E-state index < -0.39 is 11.9 Å². The summed E-state index contributed by atoms with van der Waals surface area (Å²) in [6.07, 6.45) is 3.73. The Hall–Kier alpha value is -4.69. The van der Waals surface area contributed by atoms with Gasteiger partial charge in [0.05, 0.1) is 6.04 Å². The predicted molar refractivity (Wildman–Crippen MR) is 160 cm³/mol. The van der Waals surface area contributed by atoms with Crippen molar-refractivity contribution in [2.24, 2.45) is 5.73 Å². The Labute approximate surface area is 237 Å². The van der Waals surface area contributed by atoms with Crippen molar-refractivity contribution in [3.8, 4) is 16.9 Å². The lowest BCUT2D eigenvalue weighted by atomic mass is 9.99. The molecule has 41 heavy (non-hydrogen) atoms. The number of pyridine rings is 1. The molecule has 1 saturated heterocycles. The monoisotopic (exact) mass is 549 g/mol. The number of aromatic hydroxyl groups is 1. The maximum atomic E-state index is 14.3. The van der Waals surface area contributed by atoms with E-state index in [1.807, 2.05) is 73.8 Å². The van der Waals surface area contributed by atoms with Gasteiger partial charge in [-0.3, -0.25) is 4.79 Å². The van der Waals surface area contributed by atoms with Crippen LogP contribution in [0.3, 0.4) is 0 Å². The normalized spacial score (nSPS) is 14.8. The summed E-state index contributed by atoms with van der Waals surface area (Å²) in [5.74, 6) is -0.0460. The predicted octanol–water partition coefficient (Wildman–Crippen LogP) is 5.83. The number of phenols is 1. The zero-order chi connectivity index (χ0) is 28.5. The molecule has 0 radical (unpaired) electrons. The zero-order valence-electron chi connectivity index (χ0n) is 22.8. The number of hydrogen-bond acceptors (Lipinski definition) is 5. The van der Waals surface area contributed by atoms with Crippen LogP contribution in [-0.2, 0) is 0 Å². The minimum atomic E-state index is -0.812. The van der Waals surface area contributed by atoms with Crippen LogP contribution in [0.15, 0.2) is 85.1 Å². The lowest BCUT2D eigenvalue weighted by Crippen LogP contribution is -2.40. The van der Waals surface area contributed by atoms with Crippen molar-refractivity contribution in [3.05, 3.63) is 113 Å². The van der Waals surface area contributed by atoms with Crippen LogP contribution in [0.5, 0.6) is 5.75 Å². The molecule has 1 aliphatic heterocycles. The smallest absolute Gasteiger partial charge is 0.252 e. The lowest BCUT2D eigenvalue weighted by molar-refractivity contribution is 0.0942. The number of fused-ring (bicyclic) bond motifs is 1. The molecule has 2 aromatic heterocycles. The van der Waals surface area contributed by atoms with E-state index in [4.69, 9.17) is 10.7 Å². The van der Waals surface area contributed by atoms with Crippen molar-refractivity contribution in [2.45, 2.75) is 31.8 Å². The number of phenolic OH excluding ortho intramolecular Hbond substituents is 1. The number of aromatic nitrogens is 2. The van der Waals surface area contributed by atoms with E-state index in [-0.39, 0.29) is 23.3 Å². The molecule has 5 aromatic rings. The fourth-order valence-corrected chi connectivity index (χ4v) is 5.50. The third-order valence-corrected chi connectivity index (χ3v) is 7.72. The third-order valence-electron chi connectivity index (χ3n) is 7.72. The van der Waals surface area contributed by atoms with Gasteiger partial charge >= 0.3 is 0 Å². The first-order valence-corrected chi connectivity index (χ1v) is 13.8. The molecule has 1 atom stereocenters. The third kappa shape index (κ3) is 5.64. The summed E-state index contributed by atoms with van der Waals surface area (Å²) in [6, 6.07) is 22.5. The van der Waals surface area contributed by atoms with E-state index in [0.717, 1.165) is 59.3 Å². The maximum Gasteiger partial charge on any atom is 0.252 e. The molecule has 1 amide bonds. The van der Waals surface area contributed by atoms with Gasteiger partial charge in [-0.15, -0.1) is 0 Å². The average Bonchev–Trinajstić information content (AvgIpc) is 3.41. The summed E-state index contributed by atoms with van der Waals surface area (Å²) in [6.45, 7) is 3.72. The number of nitrogens with two attached hydrogens (primary N) is 1. The van der Waals surface area contributed by atoms with Gasteiger partial charge in [0.2, 0.25) is 0 Å². The van der Waals surface area contributed by atoms with Gasteiger partial charge in [-0.2, -0.15) is 0 Å². The molecule has 0 aliphatic carbocycles. The van der Waals surface area contributed by atoms with Crippen molar-refractivity contribution < 1.29 is 14.3 Å². The van der Waals surface area contributed by atoms with Gasteiger partial charge in [-0.25, -0.2) is 9.37 Å². The van der Waals surface area contributed by atoms with Crippen LogP contribution in [0.1, 0.15) is 46.1 Å². The van der Waals surface area contributed by atoms with Crippen molar-refractivity contribution in [1.82, 2.24) is 15.3 Å². The Morgan fingerprint density at radius 1 is 1.05 bits per heavy atom. The molecule has 0 saturated carbocycles. The fraction of sp³-hybridized carbons (Fsp3) is 0.212. The van der Waals surface area contributed by atoms with Gasteiger partial charge in [-0.05, 0) is 90.9 Å². The van der Waals surface area contributed by atoms with E-state index >= 15 is 0 Å². The molecule has 0 spiro atoms. The molecule has 3 aromatic carbocycles. The first kappa shape index (κ1) is 26.5. The number of anilines is 1. The molecular weight excluding hydrogens is 517 g/mol. The Morgan fingerprint density at radius 2 is 1.85 bits per heavy atom. The number of aryl methyl sites for hydroxylation is 1. The number of nitrogens with zero attached hydrogens (tertiary/aromatic N) is 2. The summed E-state index contributed by atoms with van der Waals surface area (Å²) < 4.78 is 14.3. The number of benzene rings is 3. The fourth-order valence-electron chi connectivity index (χ4n) is 5.50. The SMILES string of the molecule is Cc1cc(C(=O)NC(c2cc3ccccc3[nH]2)c2cc(F)ccc2O)cc(-c2ccc(N3CCC(N)CC3)nc2)c1. The van der Waals surface area contributed by atoms with E-state index in [9.17, 15) is 14.3 Å². The first-order chi connectivity index (χ1) is 19.8. The van der Waals surface area contributed by atoms with Crippen molar-refractivity contribution in [1.29, 1.82) is 0 Å². The van der Waals surface area contributed by atoms with E-state index in [2.05, 4.69) is 15.2 Å². The molecule has 208 valence electrons. The van der Waals surface area contributed by atoms with Crippen molar-refractivity contribution in [3.63, 3.8) is 0 Å². The van der Waals surface area contributed by atoms with E-state index in [1.54, 1.807) is 0 Å². The van der Waals surface area contributed by atoms with E-state index in [0.29, 0.717) is 11.3 Å². The summed E-state index contributed by atoms with van der Waals surface area (Å²) in [4.78, 5) is 24.0. The highest BCUT2D eigenvalue weighted by Crippen LogP contribution is 2.32. The second-order valence-electron chi connectivity index (χ2n) is 10.7. The van der Waals surface area contributed by atoms with Gasteiger partial charge in [0.25, 0.3) is 5.91 Å². The van der Waals surface area contributed by atoms with Gasteiger partial charge in [0.1, 0.15) is 17.4 Å². The van der Waals surface area contributed by atoms with Crippen molar-refractivity contribution >= 4 is 22.6 Å². The number of aromatic amines is 1. The van der Waals surface area contributed by atoms with Gasteiger partial charge in [0, 0.05) is 53.2 Å². The number of carbonyl (C=O) groups excluding carboxylic acids is 1. The molecule has 7 nitrogen and oxygen atoms in total. The Kier molecular flexibility index (Phi) is 7.15. The molecular formula is C33H32FN5O2. The number of nitrogens with one attached hydrogen (secondary N) is 2. The Balaban J connectivity index is 1.30. The molecule has 8 heteroatoms. The zero-order valence-corrected chi connectivity index (χ0v) is 22.8. The van der Waals surface area contributed by atoms with Crippen LogP contribution in [0, 0.1) is 12.7 Å². The summed E-state index contributed by atoms with van der Waals surface area (Å²) in [7, 11) is 0. The number of hydrogen-bond donors (Lipinski definition) is 4. The van der Waals surface area contributed by atoms with Crippen LogP contribution < -0.4 is 16.0 Å². The highest BCUT2D eigenvalue weighted by Gasteiger charge is 2.24. The van der Waals surface area contributed by atoms with Crippen LogP contribution >= 0.6 is 0 Å². The Bertz CT molecular complexity index is 1670. The van der Waals surface area contributed by atoms with Crippen LogP contribution in [0.2, 0.25) is 0 Å². The van der Waals surface area contributed by atoms with Gasteiger partial charge in [-0.1, -0.05) is 24.3 Å². The minimum absolute atomic E-state index is 0.109. The minimum Gasteiger partial charge on any atom is -0.508 e. The molecule has 5 N–H and O–H groups in total. The molecule has 1 aliphatic rings. The summed E-state index contributed by atoms with van der Waals surface area (Å²) in [5, 5.41) is 14.6. The highest BCUT2D eigenvalue weighted by molar-refractivity contribution is 5.96. The van der Waals surface area contributed by atoms with Crippen LogP contribution in [0.25, 0.3) is 22.0 Å². The molecule has 0 bridgehead atoms.